The highest BCUT2D eigenvalue weighted by Crippen LogP contribution is 2.66. The van der Waals surface area contributed by atoms with E-state index in [1.165, 1.54) is 63.9 Å². The number of aromatic nitrogens is 2. The lowest BCUT2D eigenvalue weighted by molar-refractivity contribution is -0.141. The highest BCUT2D eigenvalue weighted by Gasteiger charge is 2.60. The van der Waals surface area contributed by atoms with Crippen LogP contribution in [0, 0.1) is 40.4 Å². The quantitative estimate of drug-likeness (QED) is 0.185. The molecule has 8 nitrogen and oxygen atoms in total. The normalized spacial score (nSPS) is 39.4. The summed E-state index contributed by atoms with van der Waals surface area (Å²) in [5.74, 6) is 0.367. The fourth-order valence-electron chi connectivity index (χ4n) is 10.5. The van der Waals surface area contributed by atoms with Gasteiger partial charge in [0.05, 0.1) is 25.9 Å². The Balaban J connectivity index is 0.967. The van der Waals surface area contributed by atoms with Crippen molar-refractivity contribution in [3.63, 3.8) is 0 Å². The molecular weight excluding hydrogens is 604 g/mol. The molecule has 0 radical (unpaired) electrons. The summed E-state index contributed by atoms with van der Waals surface area (Å²) in [4.78, 5) is 15.6. The molecular formula is C37H57F2N3O5. The van der Waals surface area contributed by atoms with Crippen LogP contribution in [0.1, 0.15) is 111 Å². The summed E-state index contributed by atoms with van der Waals surface area (Å²) in [6, 6.07) is 1.23. The summed E-state index contributed by atoms with van der Waals surface area (Å²) in [5.41, 5.74) is 6.85. The third-order valence-corrected chi connectivity index (χ3v) is 13.2. The highest BCUT2D eigenvalue weighted by atomic mass is 19.3. The first-order valence-corrected chi connectivity index (χ1v) is 18.3. The zero-order valence-corrected chi connectivity index (χ0v) is 28.8. The molecule has 1 saturated heterocycles. The molecule has 3 N–H and O–H groups in total. The van der Waals surface area contributed by atoms with E-state index in [2.05, 4.69) is 38.8 Å². The summed E-state index contributed by atoms with van der Waals surface area (Å²) in [5, 5.41) is 10.3. The Hall–Kier alpha value is -1.88. The number of hydrogen-bond acceptors (Lipinski definition) is 7. The van der Waals surface area contributed by atoms with Crippen LogP contribution in [0.25, 0.3) is 0 Å². The SMILES string of the molecule is CC(C)CCCCC1CCC2C3CC=C4CC(OCCOCC5OC(n6ccc(N)nc6=O)C(F)(F)C5O)CCC4(C)C3CCC12C. The molecule has 264 valence electrons. The molecule has 10 heteroatoms. The largest absolute Gasteiger partial charge is 0.384 e. The molecule has 2 heterocycles. The second kappa shape index (κ2) is 13.8. The van der Waals surface area contributed by atoms with Gasteiger partial charge in [-0.05, 0) is 104 Å². The van der Waals surface area contributed by atoms with Crippen molar-refractivity contribution in [1.29, 1.82) is 0 Å². The minimum absolute atomic E-state index is 0.0820. The standard InChI is InChI=1S/C37H57F2N3O5/c1-23(2)7-5-6-8-24-10-12-28-27-11-9-25-21-26(13-16-36(25,4)29(27)14-17-35(24,28)3)46-20-19-45-22-30-32(43)37(38,39)33(47-30)42-18-15-31(40)41-34(42)44/h9,15,18,23-24,26-30,32-33,43H,5-8,10-14,16-17,19-22H2,1-4H3,(H2,40,41,44). The topological polar surface area (TPSA) is 109 Å². The Bertz CT molecular complexity index is 1340. The van der Waals surface area contributed by atoms with Crippen LogP contribution < -0.4 is 11.4 Å². The minimum atomic E-state index is -3.70. The van der Waals surface area contributed by atoms with E-state index in [-0.39, 0.29) is 30.6 Å². The average molecular weight is 662 g/mol. The van der Waals surface area contributed by atoms with Gasteiger partial charge >= 0.3 is 11.6 Å². The Morgan fingerprint density at radius 2 is 1.94 bits per heavy atom. The van der Waals surface area contributed by atoms with Crippen LogP contribution in [0.5, 0.6) is 0 Å². The number of ether oxygens (including phenoxy) is 3. The number of nitrogens with two attached hydrogens (primary N) is 1. The van der Waals surface area contributed by atoms with E-state index in [0.29, 0.717) is 16.6 Å². The molecule has 47 heavy (non-hydrogen) atoms. The van der Waals surface area contributed by atoms with Gasteiger partial charge in [0, 0.05) is 6.20 Å². The molecule has 0 amide bonds. The lowest BCUT2D eigenvalue weighted by Gasteiger charge is -2.58. The monoisotopic (exact) mass is 661 g/mol. The molecule has 10 unspecified atom stereocenters. The lowest BCUT2D eigenvalue weighted by Crippen LogP contribution is -2.50. The smallest absolute Gasteiger partial charge is 0.351 e. The summed E-state index contributed by atoms with van der Waals surface area (Å²) in [7, 11) is 0. The van der Waals surface area contributed by atoms with Crippen molar-refractivity contribution in [2.24, 2.45) is 40.4 Å². The fraction of sp³-hybridized carbons (Fsp3) is 0.838. The van der Waals surface area contributed by atoms with Crippen LogP contribution in [0.15, 0.2) is 28.7 Å². The second-order valence-corrected chi connectivity index (χ2v) is 16.3. The number of aliphatic hydroxyl groups is 1. The van der Waals surface area contributed by atoms with Crippen molar-refractivity contribution in [2.45, 2.75) is 135 Å². The number of halogens is 2. The van der Waals surface area contributed by atoms with E-state index in [9.17, 15) is 18.7 Å². The maximum absolute atomic E-state index is 14.8. The number of hydrogen-bond donors (Lipinski definition) is 2. The molecule has 0 bridgehead atoms. The first-order valence-electron chi connectivity index (χ1n) is 18.3. The van der Waals surface area contributed by atoms with Gasteiger partial charge < -0.3 is 25.1 Å². The van der Waals surface area contributed by atoms with Gasteiger partial charge in [-0.2, -0.15) is 13.8 Å². The molecule has 6 rings (SSSR count). The molecule has 1 aromatic rings. The number of rotatable bonds is 12. The molecule has 0 spiro atoms. The van der Waals surface area contributed by atoms with Crippen molar-refractivity contribution >= 4 is 5.82 Å². The maximum Gasteiger partial charge on any atom is 0.351 e. The number of allylic oxidation sites excluding steroid dienone is 1. The molecule has 4 fully saturated rings. The Kier molecular flexibility index (Phi) is 10.3. The van der Waals surface area contributed by atoms with Crippen LogP contribution in [0.2, 0.25) is 0 Å². The highest BCUT2D eigenvalue weighted by molar-refractivity contribution is 5.26. The van der Waals surface area contributed by atoms with Crippen LogP contribution in [0.3, 0.4) is 0 Å². The molecule has 10 atom stereocenters. The van der Waals surface area contributed by atoms with Crippen LogP contribution >= 0.6 is 0 Å². The fourth-order valence-corrected chi connectivity index (χ4v) is 10.5. The summed E-state index contributed by atoms with van der Waals surface area (Å²) in [6.07, 6.45) is 13.8. The number of fused-ring (bicyclic) bond motifs is 5. The van der Waals surface area contributed by atoms with Crippen LogP contribution in [-0.2, 0) is 14.2 Å². The minimum Gasteiger partial charge on any atom is -0.384 e. The third-order valence-electron chi connectivity index (χ3n) is 13.2. The first-order chi connectivity index (χ1) is 22.3. The number of unbranched alkanes of at least 4 members (excludes halogenated alkanes) is 1. The number of anilines is 1. The first kappa shape index (κ1) is 35.0. The predicted octanol–water partition coefficient (Wildman–Crippen LogP) is 6.92. The zero-order valence-electron chi connectivity index (χ0n) is 28.8. The van der Waals surface area contributed by atoms with Crippen molar-refractivity contribution in [3.8, 4) is 0 Å². The number of nitrogens with zero attached hydrogens (tertiary/aromatic N) is 2. The van der Waals surface area contributed by atoms with Crippen molar-refractivity contribution in [2.75, 3.05) is 25.6 Å². The zero-order chi connectivity index (χ0) is 33.6. The average Bonchev–Trinajstić information content (AvgIpc) is 3.47. The molecule has 4 aliphatic carbocycles. The number of nitrogen functional groups attached to an aromatic ring is 1. The summed E-state index contributed by atoms with van der Waals surface area (Å²) >= 11 is 0. The van der Waals surface area contributed by atoms with Gasteiger partial charge in [-0.25, -0.2) is 4.79 Å². The summed E-state index contributed by atoms with van der Waals surface area (Å²) in [6.45, 7) is 10.1. The van der Waals surface area contributed by atoms with Crippen molar-refractivity contribution in [1.82, 2.24) is 9.55 Å². The Morgan fingerprint density at radius 1 is 1.13 bits per heavy atom. The van der Waals surface area contributed by atoms with Gasteiger partial charge in [-0.3, -0.25) is 4.57 Å². The second-order valence-electron chi connectivity index (χ2n) is 16.3. The van der Waals surface area contributed by atoms with Gasteiger partial charge in [0.2, 0.25) is 6.23 Å². The molecule has 1 aromatic heterocycles. The van der Waals surface area contributed by atoms with Crippen LogP contribution in [0.4, 0.5) is 14.6 Å². The summed E-state index contributed by atoms with van der Waals surface area (Å²) < 4.78 is 47.5. The maximum atomic E-state index is 14.8. The Morgan fingerprint density at radius 3 is 2.70 bits per heavy atom. The van der Waals surface area contributed by atoms with Gasteiger partial charge in [-0.15, -0.1) is 0 Å². The van der Waals surface area contributed by atoms with Gasteiger partial charge in [0.1, 0.15) is 11.9 Å². The predicted molar refractivity (Wildman–Crippen MR) is 177 cm³/mol. The van der Waals surface area contributed by atoms with E-state index in [4.69, 9.17) is 19.9 Å². The molecule has 0 aromatic carbocycles. The van der Waals surface area contributed by atoms with Gasteiger partial charge in [-0.1, -0.05) is 58.6 Å². The lowest BCUT2D eigenvalue weighted by atomic mass is 9.47. The van der Waals surface area contributed by atoms with Gasteiger partial charge in [0.25, 0.3) is 0 Å². The van der Waals surface area contributed by atoms with Gasteiger partial charge in [0.15, 0.2) is 6.10 Å². The molecule has 3 saturated carbocycles. The third kappa shape index (κ3) is 6.70. The van der Waals surface area contributed by atoms with E-state index in [1.54, 1.807) is 5.57 Å². The number of aliphatic hydroxyl groups excluding tert-OH is 1. The van der Waals surface area contributed by atoms with E-state index < -0.39 is 30.0 Å². The van der Waals surface area contributed by atoms with Crippen LogP contribution in [-0.4, -0.2) is 58.7 Å². The molecule has 1 aliphatic heterocycles. The molecule has 5 aliphatic rings. The van der Waals surface area contributed by atoms with Crippen molar-refractivity contribution < 1.29 is 28.1 Å². The van der Waals surface area contributed by atoms with E-state index in [1.807, 2.05) is 0 Å². The number of alkyl halides is 2. The Labute approximate surface area is 278 Å². The van der Waals surface area contributed by atoms with E-state index >= 15 is 0 Å². The van der Waals surface area contributed by atoms with Crippen molar-refractivity contribution in [3.05, 3.63) is 34.4 Å². The van der Waals surface area contributed by atoms with E-state index in [0.717, 1.165) is 55.0 Å².